The monoisotopic (exact) mass is 368 g/mol. The van der Waals surface area contributed by atoms with Crippen molar-refractivity contribution < 1.29 is 19.1 Å². The maximum atomic E-state index is 11.2. The second-order valence-electron chi connectivity index (χ2n) is 7.74. The van der Waals surface area contributed by atoms with Crippen molar-refractivity contribution in [2.24, 2.45) is 5.41 Å². The molecule has 0 saturated carbocycles. The van der Waals surface area contributed by atoms with Crippen LogP contribution >= 0.6 is 0 Å². The lowest BCUT2D eigenvalue weighted by molar-refractivity contribution is -0.132. The molecule has 2 rings (SSSR count). The van der Waals surface area contributed by atoms with Gasteiger partial charge < -0.3 is 9.47 Å². The van der Waals surface area contributed by atoms with Crippen LogP contribution < -0.4 is 9.47 Å². The van der Waals surface area contributed by atoms with Crippen molar-refractivity contribution in [3.63, 3.8) is 0 Å². The fourth-order valence-corrected chi connectivity index (χ4v) is 3.92. The number of hydrogen-bond donors (Lipinski definition) is 0. The van der Waals surface area contributed by atoms with E-state index in [1.54, 1.807) is 0 Å². The fourth-order valence-electron chi connectivity index (χ4n) is 3.92. The standard InChI is InChI=1S/C23H28O4/c1-7-23(22(4,5)6,18-8-12-20(13-9-18)26-16(2)24)19-10-14-21(15-11-19)27-17(3)25/h8-15H,7H2,1-6H3. The van der Waals surface area contributed by atoms with Crippen molar-refractivity contribution in [3.8, 4) is 11.5 Å². The third-order valence-electron chi connectivity index (χ3n) is 5.03. The van der Waals surface area contributed by atoms with Crippen LogP contribution in [0.25, 0.3) is 0 Å². The Morgan fingerprint density at radius 3 is 1.30 bits per heavy atom. The molecule has 0 aliphatic heterocycles. The summed E-state index contributed by atoms with van der Waals surface area (Å²) < 4.78 is 10.3. The summed E-state index contributed by atoms with van der Waals surface area (Å²) in [5, 5.41) is 0. The zero-order chi connectivity index (χ0) is 20.2. The second-order valence-corrected chi connectivity index (χ2v) is 7.74. The van der Waals surface area contributed by atoms with Crippen LogP contribution in [-0.4, -0.2) is 11.9 Å². The van der Waals surface area contributed by atoms with Crippen molar-refractivity contribution in [2.75, 3.05) is 0 Å². The van der Waals surface area contributed by atoms with Gasteiger partial charge in [-0.05, 0) is 47.2 Å². The lowest BCUT2D eigenvalue weighted by Crippen LogP contribution is -2.40. The van der Waals surface area contributed by atoms with Gasteiger partial charge in [-0.2, -0.15) is 0 Å². The van der Waals surface area contributed by atoms with Crippen molar-refractivity contribution in [1.82, 2.24) is 0 Å². The highest BCUT2D eigenvalue weighted by Gasteiger charge is 2.43. The molecule has 0 heterocycles. The first-order valence-electron chi connectivity index (χ1n) is 9.18. The summed E-state index contributed by atoms with van der Waals surface area (Å²) in [7, 11) is 0. The highest BCUT2D eigenvalue weighted by atomic mass is 16.5. The van der Waals surface area contributed by atoms with E-state index in [-0.39, 0.29) is 22.8 Å². The Labute approximate surface area is 161 Å². The molecule has 0 unspecified atom stereocenters. The summed E-state index contributed by atoms with van der Waals surface area (Å²) in [4.78, 5) is 22.4. The van der Waals surface area contributed by atoms with Gasteiger partial charge in [0.05, 0.1) is 0 Å². The summed E-state index contributed by atoms with van der Waals surface area (Å²) >= 11 is 0. The predicted molar refractivity (Wildman–Crippen MR) is 106 cm³/mol. The van der Waals surface area contributed by atoms with Gasteiger partial charge in [0.15, 0.2) is 0 Å². The largest absolute Gasteiger partial charge is 0.427 e. The van der Waals surface area contributed by atoms with Gasteiger partial charge >= 0.3 is 11.9 Å². The fraction of sp³-hybridized carbons (Fsp3) is 0.391. The van der Waals surface area contributed by atoms with Gasteiger partial charge in [-0.1, -0.05) is 52.0 Å². The number of esters is 2. The Bertz CT molecular complexity index is 736. The summed E-state index contributed by atoms with van der Waals surface area (Å²) in [6.45, 7) is 11.6. The van der Waals surface area contributed by atoms with Crippen LogP contribution in [0.5, 0.6) is 11.5 Å². The smallest absolute Gasteiger partial charge is 0.308 e. The molecule has 0 aromatic heterocycles. The van der Waals surface area contributed by atoms with E-state index >= 15 is 0 Å². The molecule has 0 amide bonds. The molecule has 0 aliphatic carbocycles. The van der Waals surface area contributed by atoms with Crippen molar-refractivity contribution in [3.05, 3.63) is 59.7 Å². The molecule has 0 N–H and O–H groups in total. The Morgan fingerprint density at radius 2 is 1.07 bits per heavy atom. The number of hydrogen-bond acceptors (Lipinski definition) is 4. The van der Waals surface area contributed by atoms with Crippen molar-refractivity contribution in [2.45, 2.75) is 53.4 Å². The lowest BCUT2D eigenvalue weighted by Gasteiger charge is -2.46. The van der Waals surface area contributed by atoms with E-state index in [9.17, 15) is 9.59 Å². The molecule has 0 atom stereocenters. The molecule has 2 aromatic rings. The average molecular weight is 368 g/mol. The molecule has 0 bridgehead atoms. The molecule has 0 saturated heterocycles. The van der Waals surface area contributed by atoms with Crippen LogP contribution in [-0.2, 0) is 15.0 Å². The second kappa shape index (κ2) is 7.95. The number of rotatable bonds is 5. The van der Waals surface area contributed by atoms with Crippen LogP contribution in [0, 0.1) is 5.41 Å². The van der Waals surface area contributed by atoms with Gasteiger partial charge in [0, 0.05) is 19.3 Å². The number of ether oxygens (including phenoxy) is 2. The molecule has 4 nitrogen and oxygen atoms in total. The first-order chi connectivity index (χ1) is 12.6. The molecule has 2 aromatic carbocycles. The molecule has 4 heteroatoms. The molecule has 0 fully saturated rings. The molecule has 0 radical (unpaired) electrons. The van der Waals surface area contributed by atoms with E-state index in [2.05, 4.69) is 27.7 Å². The van der Waals surface area contributed by atoms with E-state index < -0.39 is 0 Å². The average Bonchev–Trinajstić information content (AvgIpc) is 2.56. The highest BCUT2D eigenvalue weighted by molar-refractivity contribution is 5.69. The third-order valence-corrected chi connectivity index (χ3v) is 5.03. The van der Waals surface area contributed by atoms with Gasteiger partial charge in [-0.3, -0.25) is 9.59 Å². The van der Waals surface area contributed by atoms with Crippen LogP contribution in [0.4, 0.5) is 0 Å². The molecular weight excluding hydrogens is 340 g/mol. The Balaban J connectivity index is 2.53. The van der Waals surface area contributed by atoms with Crippen LogP contribution in [0.15, 0.2) is 48.5 Å². The van der Waals surface area contributed by atoms with Gasteiger partial charge in [-0.15, -0.1) is 0 Å². The number of carbonyl (C=O) groups is 2. The van der Waals surface area contributed by atoms with Crippen molar-refractivity contribution >= 4 is 11.9 Å². The zero-order valence-corrected chi connectivity index (χ0v) is 17.0. The van der Waals surface area contributed by atoms with Gasteiger partial charge in [-0.25, -0.2) is 0 Å². The summed E-state index contributed by atoms with van der Waals surface area (Å²) in [5.41, 5.74) is 1.96. The van der Waals surface area contributed by atoms with E-state index in [1.165, 1.54) is 13.8 Å². The Hall–Kier alpha value is -2.62. The summed E-state index contributed by atoms with van der Waals surface area (Å²) in [5.74, 6) is 0.411. The Morgan fingerprint density at radius 1 is 0.741 bits per heavy atom. The molecule has 144 valence electrons. The maximum absolute atomic E-state index is 11.2. The normalized spacial score (nSPS) is 11.8. The third kappa shape index (κ3) is 4.38. The van der Waals surface area contributed by atoms with Gasteiger partial charge in [0.1, 0.15) is 11.5 Å². The predicted octanol–water partition coefficient (Wildman–Crippen LogP) is 5.28. The van der Waals surface area contributed by atoms with Gasteiger partial charge in [0.25, 0.3) is 0 Å². The maximum Gasteiger partial charge on any atom is 0.308 e. The number of carbonyl (C=O) groups excluding carboxylic acids is 2. The minimum Gasteiger partial charge on any atom is -0.427 e. The first-order valence-corrected chi connectivity index (χ1v) is 9.18. The van der Waals surface area contributed by atoms with Crippen LogP contribution in [0.3, 0.4) is 0 Å². The van der Waals surface area contributed by atoms with E-state index in [4.69, 9.17) is 9.47 Å². The summed E-state index contributed by atoms with van der Waals surface area (Å²) in [6.07, 6.45) is 0.885. The zero-order valence-electron chi connectivity index (χ0n) is 17.0. The Kier molecular flexibility index (Phi) is 6.09. The molecule has 27 heavy (non-hydrogen) atoms. The van der Waals surface area contributed by atoms with Crippen LogP contribution in [0.2, 0.25) is 0 Å². The minimum atomic E-state index is -0.332. The summed E-state index contributed by atoms with van der Waals surface area (Å²) in [6, 6.07) is 15.4. The highest BCUT2D eigenvalue weighted by Crippen LogP contribution is 2.49. The SMILES string of the molecule is CCC(c1ccc(OC(C)=O)cc1)(c1ccc(OC(C)=O)cc1)C(C)(C)C. The van der Waals surface area contributed by atoms with E-state index in [0.717, 1.165) is 17.5 Å². The van der Waals surface area contributed by atoms with Crippen molar-refractivity contribution in [1.29, 1.82) is 0 Å². The first kappa shape index (κ1) is 20.7. The topological polar surface area (TPSA) is 52.6 Å². The number of benzene rings is 2. The molecule has 0 spiro atoms. The minimum absolute atomic E-state index is 0.0757. The van der Waals surface area contributed by atoms with Crippen LogP contribution in [0.1, 0.15) is 59.1 Å². The van der Waals surface area contributed by atoms with Gasteiger partial charge in [0.2, 0.25) is 0 Å². The lowest BCUT2D eigenvalue weighted by atomic mass is 9.58. The molecular formula is C23H28O4. The molecule has 0 aliphatic rings. The van der Waals surface area contributed by atoms with E-state index in [1.807, 2.05) is 48.5 Å². The quantitative estimate of drug-likeness (QED) is 0.532. The van der Waals surface area contributed by atoms with E-state index in [0.29, 0.717) is 11.5 Å².